The summed E-state index contributed by atoms with van der Waals surface area (Å²) < 4.78 is 4.09. The molecule has 4 aromatic rings. The third kappa shape index (κ3) is 3.95. The molecule has 31 heavy (non-hydrogen) atoms. The van der Waals surface area contributed by atoms with Crippen molar-refractivity contribution in [1.82, 2.24) is 9.13 Å². The summed E-state index contributed by atoms with van der Waals surface area (Å²) in [5.41, 5.74) is 7.14. The number of rotatable bonds is 3. The van der Waals surface area contributed by atoms with Gasteiger partial charge in [0.15, 0.2) is 0 Å². The first-order chi connectivity index (χ1) is 14.7. The molecule has 2 heterocycles. The molecular formula is C26H27ClN2OS. The van der Waals surface area contributed by atoms with Crippen LogP contribution in [0.2, 0.25) is 0 Å². The van der Waals surface area contributed by atoms with Gasteiger partial charge in [-0.25, -0.2) is 0 Å². The minimum Gasteiger partial charge on any atom is -0.347 e. The average Bonchev–Trinajstić information content (AvgIpc) is 2.93. The van der Waals surface area contributed by atoms with Gasteiger partial charge in [-0.3, -0.25) is 9.36 Å². The molecule has 0 bridgehead atoms. The van der Waals surface area contributed by atoms with Crippen molar-refractivity contribution in [3.8, 4) is 16.8 Å². The van der Waals surface area contributed by atoms with Gasteiger partial charge < -0.3 is 4.57 Å². The second-order valence-corrected chi connectivity index (χ2v) is 8.98. The lowest BCUT2D eigenvalue weighted by atomic mass is 10.1. The molecule has 1 aliphatic carbocycles. The Hall–Kier alpha value is -2.43. The van der Waals surface area contributed by atoms with Gasteiger partial charge in [0.2, 0.25) is 0 Å². The summed E-state index contributed by atoms with van der Waals surface area (Å²) >= 11 is 1.72. The van der Waals surface area contributed by atoms with Crippen molar-refractivity contribution in [2.24, 2.45) is 7.05 Å². The molecule has 1 aliphatic rings. The Bertz CT molecular complexity index is 1290. The predicted octanol–water partition coefficient (Wildman–Crippen LogP) is 6.41. The topological polar surface area (TPSA) is 26.9 Å². The summed E-state index contributed by atoms with van der Waals surface area (Å²) in [7, 11) is 2.17. The van der Waals surface area contributed by atoms with E-state index < -0.39 is 0 Å². The van der Waals surface area contributed by atoms with E-state index in [1.54, 1.807) is 22.4 Å². The van der Waals surface area contributed by atoms with Crippen LogP contribution < -0.4 is 5.56 Å². The normalized spacial score (nSPS) is 13.5. The lowest BCUT2D eigenvalue weighted by Gasteiger charge is -2.09. The zero-order chi connectivity index (χ0) is 20.7. The Morgan fingerprint density at radius 1 is 0.871 bits per heavy atom. The van der Waals surface area contributed by atoms with Crippen molar-refractivity contribution in [3.05, 3.63) is 82.4 Å². The van der Waals surface area contributed by atoms with E-state index in [9.17, 15) is 4.79 Å². The number of benzene rings is 2. The second kappa shape index (κ2) is 8.97. The number of hydrogen-bond acceptors (Lipinski definition) is 2. The standard InChI is InChI=1S/C26H26N2OS.ClH/c1-27-24-7-5-3-4-6-22(24)23-13-10-20(17-25(23)27)28-15-14-19(16-26(28)29)18-8-11-21(30-2)12-9-18;/h8-17H,3-7H2,1-2H3;1H. The van der Waals surface area contributed by atoms with Gasteiger partial charge in [-0.1, -0.05) is 24.6 Å². The first-order valence-electron chi connectivity index (χ1n) is 10.6. The quantitative estimate of drug-likeness (QED) is 0.266. The first kappa shape index (κ1) is 21.8. The summed E-state index contributed by atoms with van der Waals surface area (Å²) in [5.74, 6) is 0. The van der Waals surface area contributed by atoms with Crippen LogP contribution in [0, 0.1) is 0 Å². The van der Waals surface area contributed by atoms with E-state index in [2.05, 4.69) is 60.3 Å². The van der Waals surface area contributed by atoms with Crippen LogP contribution in [0.25, 0.3) is 27.7 Å². The Morgan fingerprint density at radius 3 is 2.39 bits per heavy atom. The highest BCUT2D eigenvalue weighted by atomic mass is 35.5. The largest absolute Gasteiger partial charge is 0.347 e. The maximum absolute atomic E-state index is 12.9. The van der Waals surface area contributed by atoms with E-state index in [1.165, 1.54) is 46.3 Å². The van der Waals surface area contributed by atoms with Crippen molar-refractivity contribution >= 4 is 35.1 Å². The number of nitrogens with zero attached hydrogens (tertiary/aromatic N) is 2. The lowest BCUT2D eigenvalue weighted by Crippen LogP contribution is -2.16. The van der Waals surface area contributed by atoms with Crippen LogP contribution in [0.3, 0.4) is 0 Å². The molecule has 0 amide bonds. The first-order valence-corrected chi connectivity index (χ1v) is 11.9. The van der Waals surface area contributed by atoms with Gasteiger partial charge >= 0.3 is 0 Å². The van der Waals surface area contributed by atoms with E-state index in [1.807, 2.05) is 12.3 Å². The summed E-state index contributed by atoms with van der Waals surface area (Å²) in [6.07, 6.45) is 10.1. The zero-order valence-electron chi connectivity index (χ0n) is 17.9. The number of thioether (sulfide) groups is 1. The van der Waals surface area contributed by atoms with Crippen molar-refractivity contribution in [2.75, 3.05) is 6.26 Å². The number of halogens is 1. The number of aryl methyl sites for hydroxylation is 2. The van der Waals surface area contributed by atoms with Crippen molar-refractivity contribution in [2.45, 2.75) is 37.0 Å². The molecule has 5 heteroatoms. The minimum absolute atomic E-state index is 0. The molecule has 0 fully saturated rings. The highest BCUT2D eigenvalue weighted by Crippen LogP contribution is 2.32. The van der Waals surface area contributed by atoms with Gasteiger partial charge in [0.25, 0.3) is 5.56 Å². The average molecular weight is 451 g/mol. The van der Waals surface area contributed by atoms with Crippen molar-refractivity contribution in [3.63, 3.8) is 0 Å². The molecule has 0 saturated carbocycles. The molecule has 0 N–H and O–H groups in total. The molecule has 160 valence electrons. The predicted molar refractivity (Wildman–Crippen MR) is 134 cm³/mol. The number of aromatic nitrogens is 2. The highest BCUT2D eigenvalue weighted by Gasteiger charge is 2.17. The molecule has 0 unspecified atom stereocenters. The molecule has 0 saturated heterocycles. The summed E-state index contributed by atoms with van der Waals surface area (Å²) in [6.45, 7) is 0. The van der Waals surface area contributed by atoms with Crippen LogP contribution in [0.4, 0.5) is 0 Å². The molecule has 5 rings (SSSR count). The maximum atomic E-state index is 12.9. The van der Waals surface area contributed by atoms with Gasteiger partial charge in [-0.15, -0.1) is 24.2 Å². The van der Waals surface area contributed by atoms with E-state index in [0.29, 0.717) is 0 Å². The molecule has 3 nitrogen and oxygen atoms in total. The Morgan fingerprint density at radius 2 is 1.65 bits per heavy atom. The van der Waals surface area contributed by atoms with Gasteiger partial charge in [0, 0.05) is 35.3 Å². The van der Waals surface area contributed by atoms with Crippen LogP contribution in [-0.2, 0) is 19.9 Å². The van der Waals surface area contributed by atoms with E-state index in [4.69, 9.17) is 0 Å². The van der Waals surface area contributed by atoms with E-state index in [0.717, 1.165) is 29.7 Å². The molecule has 2 aromatic carbocycles. The molecule has 0 spiro atoms. The van der Waals surface area contributed by atoms with Crippen LogP contribution in [-0.4, -0.2) is 15.4 Å². The van der Waals surface area contributed by atoms with E-state index in [-0.39, 0.29) is 18.0 Å². The summed E-state index contributed by atoms with van der Waals surface area (Å²) in [4.78, 5) is 14.2. The summed E-state index contributed by atoms with van der Waals surface area (Å²) in [6, 6.07) is 18.6. The number of fused-ring (bicyclic) bond motifs is 3. The van der Waals surface area contributed by atoms with Crippen LogP contribution in [0.15, 0.2) is 70.5 Å². The van der Waals surface area contributed by atoms with E-state index >= 15 is 0 Å². The third-order valence-corrected chi connectivity index (χ3v) is 7.13. The van der Waals surface area contributed by atoms with Gasteiger partial charge in [-0.05, 0) is 79.0 Å². The smallest absolute Gasteiger partial charge is 0.255 e. The highest BCUT2D eigenvalue weighted by molar-refractivity contribution is 7.98. The second-order valence-electron chi connectivity index (χ2n) is 8.10. The van der Waals surface area contributed by atoms with Crippen LogP contribution in [0.5, 0.6) is 0 Å². The van der Waals surface area contributed by atoms with Crippen molar-refractivity contribution in [1.29, 1.82) is 0 Å². The monoisotopic (exact) mass is 450 g/mol. The minimum atomic E-state index is -0.00318. The Labute approximate surface area is 193 Å². The fourth-order valence-electron chi connectivity index (χ4n) is 4.73. The molecule has 0 aliphatic heterocycles. The number of pyridine rings is 1. The van der Waals surface area contributed by atoms with Crippen molar-refractivity contribution < 1.29 is 0 Å². The molecular weight excluding hydrogens is 424 g/mol. The Kier molecular flexibility index (Phi) is 6.31. The zero-order valence-corrected chi connectivity index (χ0v) is 19.6. The van der Waals surface area contributed by atoms with Gasteiger partial charge in [-0.2, -0.15) is 0 Å². The van der Waals surface area contributed by atoms with Crippen LogP contribution >= 0.6 is 24.2 Å². The van der Waals surface area contributed by atoms with Gasteiger partial charge in [0.05, 0.1) is 11.2 Å². The van der Waals surface area contributed by atoms with Gasteiger partial charge in [0.1, 0.15) is 0 Å². The fraction of sp³-hybridized carbons (Fsp3) is 0.269. The maximum Gasteiger partial charge on any atom is 0.255 e. The fourth-order valence-corrected chi connectivity index (χ4v) is 5.14. The number of hydrogen-bond donors (Lipinski definition) is 0. The molecule has 0 atom stereocenters. The Balaban J connectivity index is 0.00000231. The lowest BCUT2D eigenvalue weighted by molar-refractivity contribution is 0.698. The molecule has 0 radical (unpaired) electrons. The van der Waals surface area contributed by atoms with Crippen LogP contribution in [0.1, 0.15) is 30.5 Å². The third-order valence-electron chi connectivity index (χ3n) is 6.38. The SMILES string of the molecule is CSc1ccc(-c2ccn(-c3ccc4c5c(n(C)c4c3)CCCCC5)c(=O)c2)cc1.Cl. The summed E-state index contributed by atoms with van der Waals surface area (Å²) in [5, 5.41) is 1.34. The molecule has 2 aromatic heterocycles.